The standard InChI is InChI=1S/C11H12FN3S/c1-7(13)8-2-3-10(9(12)6-8)16-11-14-4-5-15-11/h2-7H,13H2,1H3,(H,14,15)/t7-/m0/s1. The van der Waals surface area contributed by atoms with E-state index in [9.17, 15) is 4.39 Å². The molecule has 0 bridgehead atoms. The Kier molecular flexibility index (Phi) is 3.26. The predicted octanol–water partition coefficient (Wildman–Crippen LogP) is 2.72. The minimum atomic E-state index is -0.267. The molecule has 0 aliphatic heterocycles. The third-order valence-corrected chi connectivity index (χ3v) is 3.13. The summed E-state index contributed by atoms with van der Waals surface area (Å²) in [5.41, 5.74) is 6.47. The minimum absolute atomic E-state index is 0.155. The zero-order chi connectivity index (χ0) is 11.5. The summed E-state index contributed by atoms with van der Waals surface area (Å²) in [6.45, 7) is 1.83. The Bertz CT molecular complexity index is 468. The molecule has 3 N–H and O–H groups in total. The second kappa shape index (κ2) is 4.67. The summed E-state index contributed by atoms with van der Waals surface area (Å²) in [5, 5.41) is 0.674. The molecule has 0 saturated carbocycles. The molecule has 1 atom stereocenters. The first kappa shape index (κ1) is 11.2. The molecular weight excluding hydrogens is 225 g/mol. The summed E-state index contributed by atoms with van der Waals surface area (Å²) in [6, 6.07) is 4.87. The van der Waals surface area contributed by atoms with Crippen molar-refractivity contribution in [3.8, 4) is 0 Å². The molecule has 1 aromatic carbocycles. The first-order valence-corrected chi connectivity index (χ1v) is 5.70. The topological polar surface area (TPSA) is 54.7 Å². The second-order valence-corrected chi connectivity index (χ2v) is 4.51. The average Bonchev–Trinajstić information content (AvgIpc) is 2.73. The number of aromatic nitrogens is 2. The highest BCUT2D eigenvalue weighted by Gasteiger charge is 2.08. The van der Waals surface area contributed by atoms with Gasteiger partial charge in [-0.3, -0.25) is 0 Å². The van der Waals surface area contributed by atoms with Crippen LogP contribution in [0.15, 0.2) is 40.6 Å². The Hall–Kier alpha value is -1.33. The van der Waals surface area contributed by atoms with E-state index in [0.29, 0.717) is 10.1 Å². The van der Waals surface area contributed by atoms with Gasteiger partial charge in [-0.15, -0.1) is 0 Å². The predicted molar refractivity (Wildman–Crippen MR) is 61.7 cm³/mol. The van der Waals surface area contributed by atoms with Gasteiger partial charge in [0.05, 0.1) is 4.90 Å². The largest absolute Gasteiger partial charge is 0.339 e. The van der Waals surface area contributed by atoms with Gasteiger partial charge in [-0.1, -0.05) is 6.07 Å². The number of benzene rings is 1. The molecule has 16 heavy (non-hydrogen) atoms. The molecule has 0 radical (unpaired) electrons. The maximum atomic E-state index is 13.7. The summed E-state index contributed by atoms with van der Waals surface area (Å²) in [4.78, 5) is 7.48. The fourth-order valence-corrected chi connectivity index (χ4v) is 2.04. The Labute approximate surface area is 97.3 Å². The Morgan fingerprint density at radius 1 is 1.50 bits per heavy atom. The van der Waals surface area contributed by atoms with Gasteiger partial charge in [-0.05, 0) is 36.4 Å². The fourth-order valence-electron chi connectivity index (χ4n) is 1.29. The van der Waals surface area contributed by atoms with E-state index in [0.717, 1.165) is 5.56 Å². The molecule has 84 valence electrons. The smallest absolute Gasteiger partial charge is 0.170 e. The van der Waals surface area contributed by atoms with E-state index < -0.39 is 0 Å². The minimum Gasteiger partial charge on any atom is -0.339 e. The lowest BCUT2D eigenvalue weighted by Crippen LogP contribution is -2.05. The SMILES string of the molecule is C[C@H](N)c1ccc(Sc2ncc[nH]2)c(F)c1. The van der Waals surface area contributed by atoms with Crippen LogP contribution >= 0.6 is 11.8 Å². The van der Waals surface area contributed by atoms with E-state index in [4.69, 9.17) is 5.73 Å². The monoisotopic (exact) mass is 237 g/mol. The number of rotatable bonds is 3. The zero-order valence-corrected chi connectivity index (χ0v) is 9.59. The van der Waals surface area contributed by atoms with E-state index in [1.807, 2.05) is 13.0 Å². The van der Waals surface area contributed by atoms with Crippen LogP contribution in [0, 0.1) is 5.82 Å². The molecule has 3 nitrogen and oxygen atoms in total. The van der Waals surface area contributed by atoms with Gasteiger partial charge in [0.15, 0.2) is 5.16 Å². The van der Waals surface area contributed by atoms with Crippen LogP contribution in [-0.2, 0) is 0 Å². The zero-order valence-electron chi connectivity index (χ0n) is 8.77. The van der Waals surface area contributed by atoms with Gasteiger partial charge in [0.2, 0.25) is 0 Å². The molecule has 0 amide bonds. The van der Waals surface area contributed by atoms with Gasteiger partial charge in [0.1, 0.15) is 5.82 Å². The lowest BCUT2D eigenvalue weighted by molar-refractivity contribution is 0.596. The summed E-state index contributed by atoms with van der Waals surface area (Å²) >= 11 is 1.26. The third kappa shape index (κ3) is 2.43. The first-order valence-electron chi connectivity index (χ1n) is 4.89. The van der Waals surface area contributed by atoms with Crippen molar-refractivity contribution in [1.82, 2.24) is 9.97 Å². The molecule has 1 heterocycles. The number of hydrogen-bond acceptors (Lipinski definition) is 3. The van der Waals surface area contributed by atoms with Crippen molar-refractivity contribution in [2.75, 3.05) is 0 Å². The van der Waals surface area contributed by atoms with Crippen LogP contribution in [0.2, 0.25) is 0 Å². The molecule has 0 aliphatic rings. The van der Waals surface area contributed by atoms with Crippen LogP contribution in [0.1, 0.15) is 18.5 Å². The van der Waals surface area contributed by atoms with Crippen molar-refractivity contribution in [1.29, 1.82) is 0 Å². The molecule has 0 saturated heterocycles. The van der Waals surface area contributed by atoms with Gasteiger partial charge in [0.25, 0.3) is 0 Å². The van der Waals surface area contributed by atoms with Crippen molar-refractivity contribution in [2.45, 2.75) is 23.0 Å². The summed E-state index contributed by atoms with van der Waals surface area (Å²) in [5.74, 6) is -0.267. The van der Waals surface area contributed by atoms with Gasteiger partial charge in [0, 0.05) is 18.4 Å². The molecule has 2 rings (SSSR count). The van der Waals surface area contributed by atoms with Crippen molar-refractivity contribution < 1.29 is 4.39 Å². The van der Waals surface area contributed by atoms with E-state index in [1.165, 1.54) is 17.8 Å². The molecule has 5 heteroatoms. The van der Waals surface area contributed by atoms with E-state index in [1.54, 1.807) is 18.5 Å². The van der Waals surface area contributed by atoms with Crippen molar-refractivity contribution in [2.24, 2.45) is 5.73 Å². The van der Waals surface area contributed by atoms with Gasteiger partial charge < -0.3 is 10.7 Å². The quantitative estimate of drug-likeness (QED) is 0.863. The maximum Gasteiger partial charge on any atom is 0.170 e. The van der Waals surface area contributed by atoms with Gasteiger partial charge in [-0.25, -0.2) is 9.37 Å². The van der Waals surface area contributed by atoms with Crippen LogP contribution < -0.4 is 5.73 Å². The molecule has 0 aliphatic carbocycles. The van der Waals surface area contributed by atoms with Crippen LogP contribution in [0.4, 0.5) is 4.39 Å². The van der Waals surface area contributed by atoms with Crippen LogP contribution in [0.3, 0.4) is 0 Å². The number of H-pyrrole nitrogens is 1. The van der Waals surface area contributed by atoms with Crippen LogP contribution in [0.5, 0.6) is 0 Å². The van der Waals surface area contributed by atoms with E-state index >= 15 is 0 Å². The number of nitrogens with two attached hydrogens (primary N) is 1. The van der Waals surface area contributed by atoms with Crippen LogP contribution in [-0.4, -0.2) is 9.97 Å². The van der Waals surface area contributed by atoms with E-state index in [-0.39, 0.29) is 11.9 Å². The van der Waals surface area contributed by atoms with Crippen molar-refractivity contribution in [3.63, 3.8) is 0 Å². The van der Waals surface area contributed by atoms with Gasteiger partial charge in [-0.2, -0.15) is 0 Å². The molecule has 0 unspecified atom stereocenters. The number of aromatic amines is 1. The summed E-state index contributed by atoms with van der Waals surface area (Å²) in [6.07, 6.45) is 3.34. The van der Waals surface area contributed by atoms with E-state index in [2.05, 4.69) is 9.97 Å². The lowest BCUT2D eigenvalue weighted by Gasteiger charge is -2.07. The lowest BCUT2D eigenvalue weighted by atomic mass is 10.1. The summed E-state index contributed by atoms with van der Waals surface area (Å²) < 4.78 is 13.7. The number of nitrogens with zero attached hydrogens (tertiary/aromatic N) is 1. The van der Waals surface area contributed by atoms with Crippen molar-refractivity contribution >= 4 is 11.8 Å². The highest BCUT2D eigenvalue weighted by molar-refractivity contribution is 7.99. The van der Waals surface area contributed by atoms with Crippen LogP contribution in [0.25, 0.3) is 0 Å². The fraction of sp³-hybridized carbons (Fsp3) is 0.182. The molecule has 0 fully saturated rings. The third-order valence-electron chi connectivity index (χ3n) is 2.16. The Morgan fingerprint density at radius 3 is 2.88 bits per heavy atom. The maximum absolute atomic E-state index is 13.7. The summed E-state index contributed by atoms with van der Waals surface area (Å²) in [7, 11) is 0. The number of hydrogen-bond donors (Lipinski definition) is 2. The highest BCUT2D eigenvalue weighted by Crippen LogP contribution is 2.28. The molecule has 2 aromatic rings. The Morgan fingerprint density at radius 2 is 2.31 bits per heavy atom. The number of imidazole rings is 1. The normalized spacial score (nSPS) is 12.7. The highest BCUT2D eigenvalue weighted by atomic mass is 32.2. The molecular formula is C11H12FN3S. The number of halogens is 1. The number of nitrogens with one attached hydrogen (secondary N) is 1. The average molecular weight is 237 g/mol. The van der Waals surface area contributed by atoms with Gasteiger partial charge >= 0.3 is 0 Å². The van der Waals surface area contributed by atoms with Crippen molar-refractivity contribution in [3.05, 3.63) is 42.0 Å². The Balaban J connectivity index is 2.23. The molecule has 0 spiro atoms. The second-order valence-electron chi connectivity index (χ2n) is 3.47. The molecule has 1 aromatic heterocycles. The first-order chi connectivity index (χ1) is 7.66.